The van der Waals surface area contributed by atoms with Crippen molar-refractivity contribution in [3.8, 4) is 0 Å². The van der Waals surface area contributed by atoms with Gasteiger partial charge in [0.25, 0.3) is 0 Å². The quantitative estimate of drug-likeness (QED) is 0.801. The molecule has 130 valence electrons. The average molecular weight is 337 g/mol. The molecule has 1 aliphatic heterocycles. The summed E-state index contributed by atoms with van der Waals surface area (Å²) in [5, 5.41) is 8.85. The zero-order valence-corrected chi connectivity index (χ0v) is 14.5. The molecule has 0 spiro atoms. The van der Waals surface area contributed by atoms with Gasteiger partial charge in [-0.2, -0.15) is 0 Å². The second-order valence-corrected chi connectivity index (χ2v) is 6.49. The molecule has 3 rings (SSSR count). The summed E-state index contributed by atoms with van der Waals surface area (Å²) < 4.78 is 0. The molecule has 0 saturated heterocycles. The minimum absolute atomic E-state index is 0.152. The van der Waals surface area contributed by atoms with E-state index in [9.17, 15) is 9.59 Å². The second-order valence-electron chi connectivity index (χ2n) is 6.49. The Morgan fingerprint density at radius 2 is 1.76 bits per heavy atom. The van der Waals surface area contributed by atoms with Crippen LogP contribution in [-0.2, 0) is 22.6 Å². The Kier molecular flexibility index (Phi) is 5.14. The van der Waals surface area contributed by atoms with E-state index in [1.807, 2.05) is 49.4 Å². The van der Waals surface area contributed by atoms with Gasteiger partial charge in [-0.05, 0) is 43.5 Å². The molecule has 1 heterocycles. The predicted octanol–water partition coefficient (Wildman–Crippen LogP) is 2.15. The molecule has 2 amide bonds. The highest BCUT2D eigenvalue weighted by molar-refractivity contribution is 5.97. The number of hydrogen-bond donors (Lipinski definition) is 3. The van der Waals surface area contributed by atoms with Crippen molar-refractivity contribution in [2.45, 2.75) is 38.9 Å². The van der Waals surface area contributed by atoms with Gasteiger partial charge in [0.2, 0.25) is 11.8 Å². The average Bonchev–Trinajstić information content (AvgIpc) is 2.63. The summed E-state index contributed by atoms with van der Waals surface area (Å²) in [6.07, 6.45) is 0.633. The van der Waals surface area contributed by atoms with Gasteiger partial charge in [-0.1, -0.05) is 42.0 Å². The van der Waals surface area contributed by atoms with E-state index in [2.05, 4.69) is 22.0 Å². The van der Waals surface area contributed by atoms with Crippen LogP contribution in [0.15, 0.2) is 48.5 Å². The number of rotatable bonds is 4. The Morgan fingerprint density at radius 3 is 2.48 bits per heavy atom. The molecule has 0 aliphatic carbocycles. The van der Waals surface area contributed by atoms with Gasteiger partial charge < -0.3 is 16.0 Å². The van der Waals surface area contributed by atoms with Crippen molar-refractivity contribution in [3.63, 3.8) is 0 Å². The van der Waals surface area contributed by atoms with Crippen LogP contribution in [0, 0.1) is 6.92 Å². The van der Waals surface area contributed by atoms with Crippen LogP contribution >= 0.6 is 0 Å². The molecular weight excluding hydrogens is 314 g/mol. The fraction of sp³-hybridized carbons (Fsp3) is 0.300. The van der Waals surface area contributed by atoms with Crippen LogP contribution in [0.25, 0.3) is 0 Å². The summed E-state index contributed by atoms with van der Waals surface area (Å²) in [6, 6.07) is 14.7. The van der Waals surface area contributed by atoms with E-state index in [0.717, 1.165) is 11.3 Å². The second kappa shape index (κ2) is 7.49. The first-order chi connectivity index (χ1) is 12.0. The van der Waals surface area contributed by atoms with E-state index >= 15 is 0 Å². The number of benzene rings is 2. The van der Waals surface area contributed by atoms with Crippen LogP contribution in [0.2, 0.25) is 0 Å². The van der Waals surface area contributed by atoms with Gasteiger partial charge in [-0.15, -0.1) is 0 Å². The zero-order valence-electron chi connectivity index (χ0n) is 14.5. The van der Waals surface area contributed by atoms with Gasteiger partial charge in [0.15, 0.2) is 0 Å². The minimum atomic E-state index is -0.604. The topological polar surface area (TPSA) is 70.2 Å². The van der Waals surface area contributed by atoms with Crippen LogP contribution in [0.3, 0.4) is 0 Å². The SMILES string of the molecule is Cc1ccc(NC(=O)[C@@H](C)NC(=O)[C@@H]2Cc3ccccc3CN2)cc1. The Morgan fingerprint density at radius 1 is 1.08 bits per heavy atom. The first-order valence-electron chi connectivity index (χ1n) is 8.51. The molecule has 0 unspecified atom stereocenters. The largest absolute Gasteiger partial charge is 0.343 e. The maximum atomic E-state index is 12.5. The van der Waals surface area contributed by atoms with Crippen LogP contribution in [0.1, 0.15) is 23.6 Å². The number of carbonyl (C=O) groups is 2. The molecule has 1 aliphatic rings. The van der Waals surface area contributed by atoms with Crippen LogP contribution in [0.4, 0.5) is 5.69 Å². The highest BCUT2D eigenvalue weighted by Gasteiger charge is 2.26. The van der Waals surface area contributed by atoms with E-state index in [4.69, 9.17) is 0 Å². The Bertz CT molecular complexity index is 771. The molecule has 5 nitrogen and oxygen atoms in total. The molecule has 2 aromatic carbocycles. The summed E-state index contributed by atoms with van der Waals surface area (Å²) >= 11 is 0. The number of carbonyl (C=O) groups excluding carboxylic acids is 2. The van der Waals surface area contributed by atoms with Crippen LogP contribution in [-0.4, -0.2) is 23.9 Å². The molecular formula is C20H23N3O2. The number of hydrogen-bond acceptors (Lipinski definition) is 3. The van der Waals surface area contributed by atoms with E-state index in [-0.39, 0.29) is 17.9 Å². The highest BCUT2D eigenvalue weighted by atomic mass is 16.2. The van der Waals surface area contributed by atoms with E-state index in [0.29, 0.717) is 13.0 Å². The molecule has 25 heavy (non-hydrogen) atoms. The summed E-state index contributed by atoms with van der Waals surface area (Å²) in [5.74, 6) is -0.380. The lowest BCUT2D eigenvalue weighted by molar-refractivity contribution is -0.127. The summed E-state index contributed by atoms with van der Waals surface area (Å²) in [6.45, 7) is 4.35. The first kappa shape index (κ1) is 17.2. The van der Waals surface area contributed by atoms with Crippen LogP contribution < -0.4 is 16.0 Å². The van der Waals surface area contributed by atoms with Crippen LogP contribution in [0.5, 0.6) is 0 Å². The van der Waals surface area contributed by atoms with E-state index < -0.39 is 6.04 Å². The maximum absolute atomic E-state index is 12.5. The fourth-order valence-electron chi connectivity index (χ4n) is 2.91. The third-order valence-corrected chi connectivity index (χ3v) is 4.47. The molecule has 2 aromatic rings. The lowest BCUT2D eigenvalue weighted by atomic mass is 9.95. The van der Waals surface area contributed by atoms with Crippen molar-refractivity contribution in [2.24, 2.45) is 0 Å². The number of amides is 2. The van der Waals surface area contributed by atoms with Gasteiger partial charge in [-0.3, -0.25) is 9.59 Å². The molecule has 3 N–H and O–H groups in total. The molecule has 2 atom stereocenters. The normalized spacial score (nSPS) is 17.3. The molecule has 0 saturated carbocycles. The van der Waals surface area contributed by atoms with Crippen molar-refractivity contribution in [2.75, 3.05) is 5.32 Å². The third-order valence-electron chi connectivity index (χ3n) is 4.47. The molecule has 0 aromatic heterocycles. The summed E-state index contributed by atoms with van der Waals surface area (Å²) in [7, 11) is 0. The van der Waals surface area contributed by atoms with Gasteiger partial charge in [0, 0.05) is 12.2 Å². The van der Waals surface area contributed by atoms with E-state index in [1.54, 1.807) is 6.92 Å². The first-order valence-corrected chi connectivity index (χ1v) is 8.51. The lowest BCUT2D eigenvalue weighted by Crippen LogP contribution is -2.52. The third kappa shape index (κ3) is 4.25. The summed E-state index contributed by atoms with van der Waals surface area (Å²) in [5.41, 5.74) is 4.25. The van der Waals surface area contributed by atoms with E-state index in [1.165, 1.54) is 11.1 Å². The van der Waals surface area contributed by atoms with Crippen molar-refractivity contribution in [1.29, 1.82) is 0 Å². The summed E-state index contributed by atoms with van der Waals surface area (Å²) in [4.78, 5) is 24.7. The van der Waals surface area contributed by atoms with Gasteiger partial charge >= 0.3 is 0 Å². The number of anilines is 1. The molecule has 5 heteroatoms. The Balaban J connectivity index is 1.55. The number of aryl methyl sites for hydroxylation is 1. The number of nitrogens with one attached hydrogen (secondary N) is 3. The van der Waals surface area contributed by atoms with Gasteiger partial charge in [-0.25, -0.2) is 0 Å². The standard InChI is InChI=1S/C20H23N3O2/c1-13-7-9-17(10-8-13)23-19(24)14(2)22-20(25)18-11-15-5-3-4-6-16(15)12-21-18/h3-10,14,18,21H,11-12H2,1-2H3,(H,22,25)(H,23,24)/t14-,18+/m1/s1. The predicted molar refractivity (Wildman–Crippen MR) is 98.2 cm³/mol. The fourth-order valence-corrected chi connectivity index (χ4v) is 2.91. The minimum Gasteiger partial charge on any atom is -0.343 e. The Labute approximate surface area is 147 Å². The van der Waals surface area contributed by atoms with Crippen molar-refractivity contribution < 1.29 is 9.59 Å². The zero-order chi connectivity index (χ0) is 17.8. The molecule has 0 fully saturated rings. The molecule has 0 radical (unpaired) electrons. The maximum Gasteiger partial charge on any atom is 0.246 e. The van der Waals surface area contributed by atoms with Gasteiger partial charge in [0.1, 0.15) is 6.04 Å². The highest BCUT2D eigenvalue weighted by Crippen LogP contribution is 2.16. The van der Waals surface area contributed by atoms with Crippen molar-refractivity contribution in [1.82, 2.24) is 10.6 Å². The smallest absolute Gasteiger partial charge is 0.246 e. The van der Waals surface area contributed by atoms with Crippen molar-refractivity contribution in [3.05, 3.63) is 65.2 Å². The van der Waals surface area contributed by atoms with Gasteiger partial charge in [0.05, 0.1) is 6.04 Å². The lowest BCUT2D eigenvalue weighted by Gasteiger charge is -2.26. The van der Waals surface area contributed by atoms with Crippen molar-refractivity contribution >= 4 is 17.5 Å². The molecule has 0 bridgehead atoms. The number of fused-ring (bicyclic) bond motifs is 1. The monoisotopic (exact) mass is 337 g/mol. The Hall–Kier alpha value is -2.66.